The zero-order valence-electron chi connectivity index (χ0n) is 7.72. The number of rotatable bonds is 1. The van der Waals surface area contributed by atoms with Crippen molar-refractivity contribution in [2.24, 2.45) is 0 Å². The van der Waals surface area contributed by atoms with E-state index >= 15 is 0 Å². The smallest absolute Gasteiger partial charge is 0.253 e. The molecule has 0 saturated heterocycles. The lowest BCUT2D eigenvalue weighted by Crippen LogP contribution is -2.20. The van der Waals surface area contributed by atoms with E-state index in [0.29, 0.717) is 16.9 Å². The molecular formula is C9H13N3O. The number of hydrogen-bond donors (Lipinski definition) is 3. The summed E-state index contributed by atoms with van der Waals surface area (Å²) < 4.78 is 0. The minimum absolute atomic E-state index is 0.215. The van der Waals surface area contributed by atoms with Crippen LogP contribution >= 0.6 is 0 Å². The lowest BCUT2D eigenvalue weighted by atomic mass is 10.1. The number of nitrogens with one attached hydrogen (secondary N) is 1. The van der Waals surface area contributed by atoms with E-state index in [1.165, 1.54) is 0 Å². The molecule has 1 aromatic carbocycles. The third kappa shape index (κ3) is 1.72. The molecule has 0 unspecified atom stereocenters. The molecule has 4 nitrogen and oxygen atoms in total. The quantitative estimate of drug-likeness (QED) is 0.550. The van der Waals surface area contributed by atoms with Gasteiger partial charge in [-0.25, -0.2) is 0 Å². The van der Waals surface area contributed by atoms with E-state index in [9.17, 15) is 4.79 Å². The number of carbonyl (C=O) groups excluding carboxylic acids is 1. The highest BCUT2D eigenvalue weighted by Gasteiger charge is 2.10. The van der Waals surface area contributed by atoms with E-state index in [-0.39, 0.29) is 5.91 Å². The Bertz CT molecular complexity index is 347. The molecule has 0 heterocycles. The summed E-state index contributed by atoms with van der Waals surface area (Å²) >= 11 is 0. The van der Waals surface area contributed by atoms with Crippen LogP contribution in [0, 0.1) is 6.92 Å². The molecule has 0 atom stereocenters. The summed E-state index contributed by atoms with van der Waals surface area (Å²) in [5, 5.41) is 2.50. The number of nitrogens with two attached hydrogens (primary N) is 2. The summed E-state index contributed by atoms with van der Waals surface area (Å²) in [6.45, 7) is 1.82. The van der Waals surface area contributed by atoms with Gasteiger partial charge in [-0.2, -0.15) is 0 Å². The Labute approximate surface area is 76.9 Å². The molecule has 0 aliphatic rings. The predicted octanol–water partition coefficient (Wildman–Crippen LogP) is 0.519. The predicted molar refractivity (Wildman–Crippen MR) is 53.4 cm³/mol. The molecule has 0 fully saturated rings. The first-order chi connectivity index (χ1) is 6.06. The summed E-state index contributed by atoms with van der Waals surface area (Å²) in [6.07, 6.45) is 0. The second kappa shape index (κ2) is 3.35. The van der Waals surface area contributed by atoms with Crippen molar-refractivity contribution < 1.29 is 4.79 Å². The van der Waals surface area contributed by atoms with E-state index in [4.69, 9.17) is 11.5 Å². The van der Waals surface area contributed by atoms with Gasteiger partial charge in [0.2, 0.25) is 0 Å². The Morgan fingerprint density at radius 1 is 1.38 bits per heavy atom. The number of carbonyl (C=O) groups is 1. The van der Waals surface area contributed by atoms with Crippen molar-refractivity contribution in [1.82, 2.24) is 5.32 Å². The molecule has 1 rings (SSSR count). The highest BCUT2D eigenvalue weighted by Crippen LogP contribution is 2.20. The summed E-state index contributed by atoms with van der Waals surface area (Å²) in [7, 11) is 1.56. The van der Waals surface area contributed by atoms with Crippen LogP contribution in [0.2, 0.25) is 0 Å². The molecule has 0 aliphatic carbocycles. The van der Waals surface area contributed by atoms with Gasteiger partial charge < -0.3 is 16.8 Å². The Morgan fingerprint density at radius 2 is 2.00 bits per heavy atom. The topological polar surface area (TPSA) is 81.1 Å². The van der Waals surface area contributed by atoms with Crippen molar-refractivity contribution in [2.75, 3.05) is 18.5 Å². The molecule has 0 spiro atoms. The Hall–Kier alpha value is -1.71. The maximum absolute atomic E-state index is 11.3. The maximum atomic E-state index is 11.3. The maximum Gasteiger partial charge on any atom is 0.253 e. The van der Waals surface area contributed by atoms with Crippen LogP contribution in [-0.4, -0.2) is 13.0 Å². The minimum atomic E-state index is -0.215. The number of aryl methyl sites for hydroxylation is 1. The average molecular weight is 179 g/mol. The van der Waals surface area contributed by atoms with Crippen molar-refractivity contribution in [1.29, 1.82) is 0 Å². The van der Waals surface area contributed by atoms with Gasteiger partial charge >= 0.3 is 0 Å². The SMILES string of the molecule is CNC(=O)c1cc(N)cc(C)c1N. The van der Waals surface area contributed by atoms with Crippen LogP contribution in [0.25, 0.3) is 0 Å². The highest BCUT2D eigenvalue weighted by molar-refractivity contribution is 6.00. The lowest BCUT2D eigenvalue weighted by Gasteiger charge is -2.08. The van der Waals surface area contributed by atoms with Crippen LogP contribution in [0.4, 0.5) is 11.4 Å². The zero-order chi connectivity index (χ0) is 10.0. The third-order valence-corrected chi connectivity index (χ3v) is 1.88. The second-order valence-electron chi connectivity index (χ2n) is 2.88. The van der Waals surface area contributed by atoms with Crippen LogP contribution in [0.15, 0.2) is 12.1 Å². The second-order valence-corrected chi connectivity index (χ2v) is 2.88. The normalized spacial score (nSPS) is 9.69. The zero-order valence-corrected chi connectivity index (χ0v) is 7.72. The summed E-state index contributed by atoms with van der Waals surface area (Å²) in [5.74, 6) is -0.215. The molecule has 4 heteroatoms. The van der Waals surface area contributed by atoms with Crippen molar-refractivity contribution in [3.05, 3.63) is 23.3 Å². The van der Waals surface area contributed by atoms with Gasteiger partial charge in [0.1, 0.15) is 0 Å². The molecule has 5 N–H and O–H groups in total. The largest absolute Gasteiger partial charge is 0.399 e. The number of hydrogen-bond acceptors (Lipinski definition) is 3. The van der Waals surface area contributed by atoms with E-state index in [1.54, 1.807) is 19.2 Å². The van der Waals surface area contributed by atoms with Crippen LogP contribution in [0.5, 0.6) is 0 Å². The van der Waals surface area contributed by atoms with Gasteiger partial charge in [0.05, 0.1) is 5.56 Å². The lowest BCUT2D eigenvalue weighted by molar-refractivity contribution is 0.0964. The molecule has 1 amide bonds. The van der Waals surface area contributed by atoms with Gasteiger partial charge in [-0.1, -0.05) is 0 Å². The van der Waals surface area contributed by atoms with E-state index < -0.39 is 0 Å². The highest BCUT2D eigenvalue weighted by atomic mass is 16.1. The van der Waals surface area contributed by atoms with Gasteiger partial charge in [0.25, 0.3) is 5.91 Å². The molecule has 0 aliphatic heterocycles. The van der Waals surface area contributed by atoms with E-state index in [2.05, 4.69) is 5.32 Å². The van der Waals surface area contributed by atoms with Gasteiger partial charge in [0.15, 0.2) is 0 Å². The molecule has 0 radical (unpaired) electrons. The number of anilines is 2. The fraction of sp³-hybridized carbons (Fsp3) is 0.222. The standard InChI is InChI=1S/C9H13N3O/c1-5-3-6(10)4-7(8(5)11)9(13)12-2/h3-4H,10-11H2,1-2H3,(H,12,13). The summed E-state index contributed by atoms with van der Waals surface area (Å²) in [4.78, 5) is 11.3. The molecule has 70 valence electrons. The first-order valence-electron chi connectivity index (χ1n) is 3.94. The summed E-state index contributed by atoms with van der Waals surface area (Å²) in [5.41, 5.74) is 13.6. The van der Waals surface area contributed by atoms with Crippen molar-refractivity contribution in [2.45, 2.75) is 6.92 Å². The average Bonchev–Trinajstić information content (AvgIpc) is 2.10. The molecule has 0 saturated carbocycles. The van der Waals surface area contributed by atoms with Gasteiger partial charge in [-0.3, -0.25) is 4.79 Å². The molecule has 0 bridgehead atoms. The van der Waals surface area contributed by atoms with Crippen LogP contribution in [0.1, 0.15) is 15.9 Å². The summed E-state index contributed by atoms with van der Waals surface area (Å²) in [6, 6.07) is 3.31. The number of amides is 1. The Balaban J connectivity index is 3.28. The molecular weight excluding hydrogens is 166 g/mol. The van der Waals surface area contributed by atoms with Crippen molar-refractivity contribution in [3.8, 4) is 0 Å². The fourth-order valence-corrected chi connectivity index (χ4v) is 1.15. The van der Waals surface area contributed by atoms with Crippen molar-refractivity contribution in [3.63, 3.8) is 0 Å². The van der Waals surface area contributed by atoms with Gasteiger partial charge in [0, 0.05) is 18.4 Å². The molecule has 13 heavy (non-hydrogen) atoms. The fourth-order valence-electron chi connectivity index (χ4n) is 1.15. The Morgan fingerprint density at radius 3 is 2.54 bits per heavy atom. The first-order valence-corrected chi connectivity index (χ1v) is 3.94. The Kier molecular flexibility index (Phi) is 2.41. The van der Waals surface area contributed by atoms with Gasteiger partial charge in [-0.15, -0.1) is 0 Å². The van der Waals surface area contributed by atoms with E-state index in [1.807, 2.05) is 6.92 Å². The van der Waals surface area contributed by atoms with Crippen LogP contribution in [0.3, 0.4) is 0 Å². The van der Waals surface area contributed by atoms with Crippen LogP contribution < -0.4 is 16.8 Å². The van der Waals surface area contributed by atoms with E-state index in [0.717, 1.165) is 5.56 Å². The van der Waals surface area contributed by atoms with Gasteiger partial charge in [-0.05, 0) is 24.6 Å². The van der Waals surface area contributed by atoms with Crippen molar-refractivity contribution >= 4 is 17.3 Å². The minimum Gasteiger partial charge on any atom is -0.399 e. The van der Waals surface area contributed by atoms with Crippen LogP contribution in [-0.2, 0) is 0 Å². The molecule has 0 aromatic heterocycles. The first kappa shape index (κ1) is 9.38. The monoisotopic (exact) mass is 179 g/mol. The molecule has 1 aromatic rings. The number of nitrogen functional groups attached to an aromatic ring is 2. The third-order valence-electron chi connectivity index (χ3n) is 1.88. The number of benzene rings is 1.